The Balaban J connectivity index is 1.60. The van der Waals surface area contributed by atoms with E-state index < -0.39 is 5.41 Å². The smallest absolute Gasteiger partial charge is 0.200 e. The largest absolute Gasteiger partial charge is 0.456 e. The van der Waals surface area contributed by atoms with E-state index in [9.17, 15) is 4.79 Å². The molecule has 8 rings (SSSR count). The van der Waals surface area contributed by atoms with Crippen LogP contribution < -0.4 is 10.3 Å². The molecule has 1 aromatic heterocycles. The van der Waals surface area contributed by atoms with Crippen LogP contribution in [0.25, 0.3) is 33.1 Å². The molecule has 0 saturated heterocycles. The molecule has 6 aromatic rings. The molecule has 0 amide bonds. The van der Waals surface area contributed by atoms with Crippen LogP contribution in [0.2, 0.25) is 0 Å². The average molecular weight is 464 g/mol. The third kappa shape index (κ3) is 2.21. The number of nitrogens with zero attached hydrogens (tertiary/aromatic N) is 1. The van der Waals surface area contributed by atoms with Gasteiger partial charge in [-0.15, -0.1) is 0 Å². The molecule has 0 N–H and O–H groups in total. The maximum atomic E-state index is 13.5. The Labute approximate surface area is 207 Å². The van der Waals surface area contributed by atoms with E-state index in [1.165, 1.54) is 28.1 Å². The van der Waals surface area contributed by atoms with Gasteiger partial charge in [0.1, 0.15) is 11.2 Å². The first kappa shape index (κ1) is 19.7. The zero-order valence-electron chi connectivity index (χ0n) is 19.7. The SMILES string of the molecule is CN1c2ccccc2C2(c3ccccc3-c3cc4c(=O)c5ccccc5oc4cc32)c2ccccc21. The lowest BCUT2D eigenvalue weighted by atomic mass is 9.65. The molecule has 0 bridgehead atoms. The van der Waals surface area contributed by atoms with E-state index in [4.69, 9.17) is 4.42 Å². The van der Waals surface area contributed by atoms with Crippen LogP contribution in [0, 0.1) is 0 Å². The Morgan fingerprint density at radius 2 is 1.19 bits per heavy atom. The average Bonchev–Trinajstić information content (AvgIpc) is 3.21. The Morgan fingerprint density at radius 1 is 0.583 bits per heavy atom. The van der Waals surface area contributed by atoms with Crippen molar-refractivity contribution in [2.75, 3.05) is 11.9 Å². The van der Waals surface area contributed by atoms with Gasteiger partial charge in [-0.05, 0) is 69.8 Å². The summed E-state index contributed by atoms with van der Waals surface area (Å²) < 4.78 is 6.37. The van der Waals surface area contributed by atoms with Crippen molar-refractivity contribution < 1.29 is 4.42 Å². The van der Waals surface area contributed by atoms with Gasteiger partial charge in [0.15, 0.2) is 0 Å². The standard InChI is InChI=1S/C33H21NO2/c1-34-28-15-7-5-13-25(28)33(26-14-6-8-16-29(26)34)24-12-4-2-10-20(24)22-18-23-31(19-27(22)33)36-30-17-9-3-11-21(30)32(23)35/h2-19H,1H3. The maximum absolute atomic E-state index is 13.5. The van der Waals surface area contributed by atoms with E-state index in [1.54, 1.807) is 0 Å². The van der Waals surface area contributed by atoms with Gasteiger partial charge in [0, 0.05) is 18.4 Å². The summed E-state index contributed by atoms with van der Waals surface area (Å²) in [6.07, 6.45) is 0. The van der Waals surface area contributed by atoms with Crippen LogP contribution in [0.4, 0.5) is 11.4 Å². The summed E-state index contributed by atoms with van der Waals surface area (Å²) in [5, 5.41) is 1.23. The van der Waals surface area contributed by atoms with Crippen molar-refractivity contribution >= 4 is 33.3 Å². The van der Waals surface area contributed by atoms with Crippen LogP contribution in [0.3, 0.4) is 0 Å². The zero-order chi connectivity index (χ0) is 24.0. The molecular formula is C33H21NO2. The fourth-order valence-electron chi connectivity index (χ4n) is 6.59. The van der Waals surface area contributed by atoms with Gasteiger partial charge in [-0.1, -0.05) is 72.8 Å². The number of rotatable bonds is 0. The minimum Gasteiger partial charge on any atom is -0.456 e. The number of fused-ring (bicyclic) bond motifs is 11. The fourth-order valence-corrected chi connectivity index (χ4v) is 6.59. The summed E-state index contributed by atoms with van der Waals surface area (Å²) in [5.74, 6) is 0. The topological polar surface area (TPSA) is 33.5 Å². The van der Waals surface area contributed by atoms with Crippen molar-refractivity contribution in [2.24, 2.45) is 0 Å². The molecule has 5 aromatic carbocycles. The highest BCUT2D eigenvalue weighted by molar-refractivity contribution is 5.99. The van der Waals surface area contributed by atoms with Gasteiger partial charge < -0.3 is 9.32 Å². The monoisotopic (exact) mass is 463 g/mol. The summed E-state index contributed by atoms with van der Waals surface area (Å²) >= 11 is 0. The van der Waals surface area contributed by atoms with Gasteiger partial charge in [-0.3, -0.25) is 4.79 Å². The third-order valence-corrected chi connectivity index (χ3v) is 8.08. The lowest BCUT2D eigenvalue weighted by molar-refractivity contribution is 0.657. The first-order chi connectivity index (χ1) is 17.7. The highest BCUT2D eigenvalue weighted by Gasteiger charge is 2.51. The second-order valence-electron chi connectivity index (χ2n) is 9.71. The molecule has 0 radical (unpaired) electrons. The lowest BCUT2D eigenvalue weighted by Gasteiger charge is -2.43. The van der Waals surface area contributed by atoms with Crippen molar-refractivity contribution in [3.8, 4) is 11.1 Å². The van der Waals surface area contributed by atoms with Crippen molar-refractivity contribution in [2.45, 2.75) is 5.41 Å². The highest BCUT2D eigenvalue weighted by atomic mass is 16.3. The normalized spacial score (nSPS) is 14.5. The minimum absolute atomic E-state index is 0.0114. The van der Waals surface area contributed by atoms with Crippen molar-refractivity contribution in [3.63, 3.8) is 0 Å². The van der Waals surface area contributed by atoms with Gasteiger partial charge in [0.2, 0.25) is 5.43 Å². The van der Waals surface area contributed by atoms with E-state index in [1.807, 2.05) is 24.3 Å². The van der Waals surface area contributed by atoms with Gasteiger partial charge >= 0.3 is 0 Å². The summed E-state index contributed by atoms with van der Waals surface area (Å²) in [4.78, 5) is 15.8. The Hall–Kier alpha value is -4.63. The first-order valence-electron chi connectivity index (χ1n) is 12.2. The van der Waals surface area contributed by atoms with Crippen LogP contribution in [0.5, 0.6) is 0 Å². The number of hydrogen-bond donors (Lipinski definition) is 0. The van der Waals surface area contributed by atoms with Crippen LogP contribution in [0.1, 0.15) is 22.3 Å². The van der Waals surface area contributed by atoms with Crippen molar-refractivity contribution in [1.82, 2.24) is 0 Å². The summed E-state index contributed by atoms with van der Waals surface area (Å²) in [5.41, 5.74) is 10.2. The first-order valence-corrected chi connectivity index (χ1v) is 12.2. The summed E-state index contributed by atoms with van der Waals surface area (Å²) in [7, 11) is 2.14. The number of anilines is 2. The molecule has 170 valence electrons. The van der Waals surface area contributed by atoms with Gasteiger partial charge in [-0.2, -0.15) is 0 Å². The zero-order valence-corrected chi connectivity index (χ0v) is 19.7. The molecule has 1 aliphatic heterocycles. The van der Waals surface area contributed by atoms with Crippen LogP contribution in [-0.4, -0.2) is 7.05 Å². The van der Waals surface area contributed by atoms with Crippen LogP contribution in [0.15, 0.2) is 118 Å². The predicted molar refractivity (Wildman–Crippen MR) is 145 cm³/mol. The minimum atomic E-state index is -0.510. The molecule has 0 unspecified atom stereocenters. The molecular weight excluding hydrogens is 442 g/mol. The fraction of sp³-hybridized carbons (Fsp3) is 0.0606. The quantitative estimate of drug-likeness (QED) is 0.220. The Morgan fingerprint density at radius 3 is 1.94 bits per heavy atom. The van der Waals surface area contributed by atoms with E-state index in [0.29, 0.717) is 21.9 Å². The Bertz CT molecular complexity index is 1900. The third-order valence-electron chi connectivity index (χ3n) is 8.08. The molecule has 3 heteroatoms. The molecule has 1 aliphatic carbocycles. The van der Waals surface area contributed by atoms with E-state index >= 15 is 0 Å². The predicted octanol–water partition coefficient (Wildman–Crippen LogP) is 7.39. The number of hydrogen-bond acceptors (Lipinski definition) is 3. The van der Waals surface area contributed by atoms with Gasteiger partial charge in [0.05, 0.1) is 16.2 Å². The molecule has 0 saturated carbocycles. The maximum Gasteiger partial charge on any atom is 0.200 e. The van der Waals surface area contributed by atoms with Crippen molar-refractivity contribution in [1.29, 1.82) is 0 Å². The van der Waals surface area contributed by atoms with E-state index in [-0.39, 0.29) is 5.43 Å². The molecule has 3 nitrogen and oxygen atoms in total. The molecule has 2 aliphatic rings. The molecule has 2 heterocycles. The van der Waals surface area contributed by atoms with Crippen LogP contribution >= 0.6 is 0 Å². The molecule has 36 heavy (non-hydrogen) atoms. The molecule has 0 fully saturated rings. The summed E-state index contributed by atoms with van der Waals surface area (Å²) in [6.45, 7) is 0. The highest BCUT2D eigenvalue weighted by Crippen LogP contribution is 2.62. The van der Waals surface area contributed by atoms with E-state index in [0.717, 1.165) is 16.7 Å². The Kier molecular flexibility index (Phi) is 3.68. The molecule has 0 atom stereocenters. The second kappa shape index (κ2) is 6.73. The number of para-hydroxylation sites is 3. The number of benzene rings is 5. The second-order valence-corrected chi connectivity index (χ2v) is 9.71. The van der Waals surface area contributed by atoms with Crippen molar-refractivity contribution in [3.05, 3.63) is 142 Å². The van der Waals surface area contributed by atoms with E-state index in [2.05, 4.69) is 96.9 Å². The molecule has 1 spiro atoms. The lowest BCUT2D eigenvalue weighted by Crippen LogP contribution is -2.36. The summed E-state index contributed by atoms with van der Waals surface area (Å²) in [6, 6.07) is 37.6. The van der Waals surface area contributed by atoms with Gasteiger partial charge in [0.25, 0.3) is 0 Å². The van der Waals surface area contributed by atoms with Gasteiger partial charge in [-0.25, -0.2) is 0 Å². The van der Waals surface area contributed by atoms with Crippen LogP contribution in [-0.2, 0) is 5.41 Å².